The van der Waals surface area contributed by atoms with Crippen molar-refractivity contribution in [2.45, 2.75) is 40.0 Å². The zero-order valence-corrected chi connectivity index (χ0v) is 18.0. The van der Waals surface area contributed by atoms with E-state index in [1.807, 2.05) is 19.1 Å². The van der Waals surface area contributed by atoms with E-state index in [2.05, 4.69) is 40.8 Å². The molecule has 0 bridgehead atoms. The number of hydrogen-bond donors (Lipinski definition) is 1. The monoisotopic (exact) mass is 405 g/mol. The summed E-state index contributed by atoms with van der Waals surface area (Å²) in [6.45, 7) is 12.1. The molecule has 1 aromatic carbocycles. The fraction of sp³-hybridized carbons (Fsp3) is 0.571. The molecule has 1 fully saturated rings. The Hall–Kier alpha value is -1.83. The lowest BCUT2D eigenvalue weighted by Crippen LogP contribution is -2.55. The summed E-state index contributed by atoms with van der Waals surface area (Å²) in [5, 5.41) is 11.1. The summed E-state index contributed by atoms with van der Waals surface area (Å²) < 4.78 is 12.1. The van der Waals surface area contributed by atoms with Crippen molar-refractivity contribution < 1.29 is 14.6 Å². The maximum absolute atomic E-state index is 10.3. The van der Waals surface area contributed by atoms with Gasteiger partial charge in [-0.05, 0) is 31.9 Å². The lowest BCUT2D eigenvalue weighted by molar-refractivity contribution is -0.0587. The van der Waals surface area contributed by atoms with Crippen molar-refractivity contribution in [1.82, 2.24) is 9.88 Å². The van der Waals surface area contributed by atoms with Crippen LogP contribution in [0.5, 0.6) is 10.8 Å². The largest absolute Gasteiger partial charge is 0.491 e. The number of benzene rings is 1. The van der Waals surface area contributed by atoms with E-state index in [4.69, 9.17) is 9.47 Å². The molecule has 6 nitrogen and oxygen atoms in total. The smallest absolute Gasteiger partial charge is 0.199 e. The van der Waals surface area contributed by atoms with E-state index >= 15 is 0 Å². The SMILES string of the molecule is Cc1ncsc1OC(C(C)O)N1CCN(c2ccccc2OCC(C)C)CC1. The van der Waals surface area contributed by atoms with Gasteiger partial charge in [-0.25, -0.2) is 4.98 Å². The van der Waals surface area contributed by atoms with Gasteiger partial charge < -0.3 is 19.5 Å². The number of nitrogens with zero attached hydrogens (tertiary/aromatic N) is 3. The third kappa shape index (κ3) is 5.16. The number of ether oxygens (including phenoxy) is 2. The fourth-order valence-corrected chi connectivity index (χ4v) is 3.99. The first kappa shape index (κ1) is 20.9. The van der Waals surface area contributed by atoms with Crippen LogP contribution in [0.4, 0.5) is 5.69 Å². The number of hydrogen-bond acceptors (Lipinski definition) is 7. The molecule has 0 radical (unpaired) electrons. The molecule has 2 heterocycles. The summed E-state index contributed by atoms with van der Waals surface area (Å²) in [4.78, 5) is 8.79. The molecule has 1 aliphatic rings. The van der Waals surface area contributed by atoms with Crippen LogP contribution >= 0.6 is 11.3 Å². The second-order valence-electron chi connectivity index (χ2n) is 7.67. The third-order valence-corrected chi connectivity index (χ3v) is 5.61. The highest BCUT2D eigenvalue weighted by Gasteiger charge is 2.30. The Bertz CT molecular complexity index is 742. The van der Waals surface area contributed by atoms with Gasteiger partial charge in [-0.15, -0.1) is 0 Å². The van der Waals surface area contributed by atoms with Gasteiger partial charge in [0.2, 0.25) is 0 Å². The van der Waals surface area contributed by atoms with Crippen LogP contribution in [-0.4, -0.2) is 60.1 Å². The molecule has 7 heteroatoms. The number of aliphatic hydroxyl groups excluding tert-OH is 1. The summed E-state index contributed by atoms with van der Waals surface area (Å²) in [6, 6.07) is 8.23. The Balaban J connectivity index is 1.64. The van der Waals surface area contributed by atoms with Gasteiger partial charge in [-0.3, -0.25) is 4.90 Å². The minimum Gasteiger partial charge on any atom is -0.491 e. The number of para-hydroxylation sites is 2. The van der Waals surface area contributed by atoms with Gasteiger partial charge in [0, 0.05) is 26.2 Å². The molecule has 2 unspecified atom stereocenters. The van der Waals surface area contributed by atoms with E-state index in [0.29, 0.717) is 12.5 Å². The van der Waals surface area contributed by atoms with E-state index in [0.717, 1.165) is 48.4 Å². The molecule has 0 aliphatic carbocycles. The Labute approximate surface area is 171 Å². The van der Waals surface area contributed by atoms with Crippen LogP contribution in [0, 0.1) is 12.8 Å². The van der Waals surface area contributed by atoms with Crippen molar-refractivity contribution in [3.05, 3.63) is 35.5 Å². The molecule has 1 saturated heterocycles. The Morgan fingerprint density at radius 3 is 2.46 bits per heavy atom. The topological polar surface area (TPSA) is 58.1 Å². The number of anilines is 1. The molecular formula is C21H31N3O3S. The van der Waals surface area contributed by atoms with Crippen LogP contribution in [0.25, 0.3) is 0 Å². The molecule has 1 aliphatic heterocycles. The number of aliphatic hydroxyl groups is 1. The maximum Gasteiger partial charge on any atom is 0.199 e. The molecule has 2 atom stereocenters. The van der Waals surface area contributed by atoms with E-state index in [9.17, 15) is 5.11 Å². The normalized spacial score (nSPS) is 17.6. The van der Waals surface area contributed by atoms with Gasteiger partial charge in [0.25, 0.3) is 0 Å². The predicted octanol–water partition coefficient (Wildman–Crippen LogP) is 3.39. The first-order valence-electron chi connectivity index (χ1n) is 9.91. The second kappa shape index (κ2) is 9.58. The fourth-order valence-electron chi connectivity index (χ4n) is 3.31. The standard InChI is InChI=1S/C21H31N3O3S/c1-15(2)13-26-19-8-6-5-7-18(19)23-9-11-24(12-10-23)20(17(4)25)27-21-16(3)22-14-28-21/h5-8,14-15,17,20,25H,9-13H2,1-4H3. The quantitative estimate of drug-likeness (QED) is 0.726. The first-order valence-corrected chi connectivity index (χ1v) is 10.8. The van der Waals surface area contributed by atoms with Gasteiger partial charge in [0.05, 0.1) is 23.5 Å². The number of rotatable bonds is 8. The van der Waals surface area contributed by atoms with Crippen molar-refractivity contribution >= 4 is 17.0 Å². The Kier molecular flexibility index (Phi) is 7.15. The average molecular weight is 406 g/mol. The first-order chi connectivity index (χ1) is 13.5. The van der Waals surface area contributed by atoms with Crippen LogP contribution in [-0.2, 0) is 0 Å². The molecule has 2 aromatic rings. The number of aryl methyl sites for hydroxylation is 1. The minimum absolute atomic E-state index is 0.367. The molecule has 0 saturated carbocycles. The highest BCUT2D eigenvalue weighted by Crippen LogP contribution is 2.30. The summed E-state index contributed by atoms with van der Waals surface area (Å²) in [7, 11) is 0. The van der Waals surface area contributed by atoms with Crippen molar-refractivity contribution in [2.24, 2.45) is 5.92 Å². The van der Waals surface area contributed by atoms with Gasteiger partial charge in [-0.1, -0.05) is 37.3 Å². The van der Waals surface area contributed by atoms with Gasteiger partial charge in [0.15, 0.2) is 11.3 Å². The summed E-state index contributed by atoms with van der Waals surface area (Å²) in [5.41, 5.74) is 3.77. The number of aromatic nitrogens is 1. The predicted molar refractivity (Wildman–Crippen MR) is 114 cm³/mol. The van der Waals surface area contributed by atoms with Crippen LogP contribution in [0.3, 0.4) is 0 Å². The van der Waals surface area contributed by atoms with Gasteiger partial charge >= 0.3 is 0 Å². The number of thiazole rings is 1. The van der Waals surface area contributed by atoms with Crippen LogP contribution < -0.4 is 14.4 Å². The lowest BCUT2D eigenvalue weighted by atomic mass is 10.2. The van der Waals surface area contributed by atoms with Crippen molar-refractivity contribution in [1.29, 1.82) is 0 Å². The van der Waals surface area contributed by atoms with Crippen LogP contribution in [0.1, 0.15) is 26.5 Å². The molecule has 0 spiro atoms. The van der Waals surface area contributed by atoms with Crippen molar-refractivity contribution in [2.75, 3.05) is 37.7 Å². The Morgan fingerprint density at radius 2 is 1.86 bits per heavy atom. The number of piperazine rings is 1. The molecular weight excluding hydrogens is 374 g/mol. The maximum atomic E-state index is 10.3. The van der Waals surface area contributed by atoms with E-state index < -0.39 is 6.10 Å². The molecule has 154 valence electrons. The van der Waals surface area contributed by atoms with Crippen LogP contribution in [0.2, 0.25) is 0 Å². The Morgan fingerprint density at radius 1 is 1.14 bits per heavy atom. The molecule has 1 aromatic heterocycles. The zero-order valence-electron chi connectivity index (χ0n) is 17.2. The van der Waals surface area contributed by atoms with Gasteiger partial charge in [-0.2, -0.15) is 0 Å². The van der Waals surface area contributed by atoms with Crippen molar-refractivity contribution in [3.63, 3.8) is 0 Å². The lowest BCUT2D eigenvalue weighted by Gasteiger charge is -2.41. The highest BCUT2D eigenvalue weighted by molar-refractivity contribution is 7.11. The van der Waals surface area contributed by atoms with E-state index in [-0.39, 0.29) is 6.23 Å². The summed E-state index contributed by atoms with van der Waals surface area (Å²) in [5.74, 6) is 1.43. The van der Waals surface area contributed by atoms with E-state index in [1.54, 1.807) is 12.4 Å². The summed E-state index contributed by atoms with van der Waals surface area (Å²) in [6.07, 6.45) is -0.955. The third-order valence-electron chi connectivity index (χ3n) is 4.79. The second-order valence-corrected chi connectivity index (χ2v) is 8.49. The molecule has 3 rings (SSSR count). The average Bonchev–Trinajstić information content (AvgIpc) is 3.09. The van der Waals surface area contributed by atoms with Crippen LogP contribution in [0.15, 0.2) is 29.8 Å². The minimum atomic E-state index is -0.588. The zero-order chi connectivity index (χ0) is 20.1. The molecule has 1 N–H and O–H groups in total. The highest BCUT2D eigenvalue weighted by atomic mass is 32.1. The van der Waals surface area contributed by atoms with Crippen molar-refractivity contribution in [3.8, 4) is 10.8 Å². The van der Waals surface area contributed by atoms with Gasteiger partial charge in [0.1, 0.15) is 11.9 Å². The summed E-state index contributed by atoms with van der Waals surface area (Å²) >= 11 is 1.47. The molecule has 0 amide bonds. The molecule has 28 heavy (non-hydrogen) atoms. The van der Waals surface area contributed by atoms with E-state index in [1.165, 1.54) is 11.3 Å².